The van der Waals surface area contributed by atoms with Crippen LogP contribution in [0.15, 0.2) is 67.0 Å². The van der Waals surface area contributed by atoms with Gasteiger partial charge < -0.3 is 15.5 Å². The van der Waals surface area contributed by atoms with Gasteiger partial charge in [-0.25, -0.2) is 0 Å². The highest BCUT2D eigenvalue weighted by atomic mass is 35.5. The molecule has 0 aliphatic rings. The molecule has 0 bridgehead atoms. The molecule has 0 atom stereocenters. The van der Waals surface area contributed by atoms with Crippen LogP contribution in [-0.2, 0) is 6.54 Å². The summed E-state index contributed by atoms with van der Waals surface area (Å²) in [6, 6.07) is 17.2. The van der Waals surface area contributed by atoms with Gasteiger partial charge in [-0.1, -0.05) is 29.8 Å². The van der Waals surface area contributed by atoms with Crippen molar-refractivity contribution in [1.82, 2.24) is 10.3 Å². The van der Waals surface area contributed by atoms with Crippen LogP contribution < -0.4 is 15.5 Å². The van der Waals surface area contributed by atoms with Crippen molar-refractivity contribution < 1.29 is 4.79 Å². The number of amides is 1. The molecule has 0 radical (unpaired) electrons. The minimum atomic E-state index is -0.200. The van der Waals surface area contributed by atoms with Gasteiger partial charge in [0.2, 0.25) is 0 Å². The van der Waals surface area contributed by atoms with Gasteiger partial charge in [-0.05, 0) is 42.0 Å². The lowest BCUT2D eigenvalue weighted by molar-refractivity contribution is 0.0950. The van der Waals surface area contributed by atoms with E-state index in [0.717, 1.165) is 22.6 Å². The van der Waals surface area contributed by atoms with Crippen LogP contribution in [-0.4, -0.2) is 25.0 Å². The standard InChI is InChI=1S/C21H21ClN4O/c1-26(2)19-9-7-17(8-10-19)25-18-11-16(12-23-14-18)21(27)24-13-15-5-3-4-6-20(15)22/h3-12,14,25H,13H2,1-2H3,(H,24,27). The summed E-state index contributed by atoms with van der Waals surface area (Å²) >= 11 is 6.12. The molecule has 0 spiro atoms. The number of anilines is 3. The van der Waals surface area contributed by atoms with E-state index in [1.807, 2.05) is 61.5 Å². The molecule has 138 valence electrons. The average molecular weight is 381 g/mol. The van der Waals surface area contributed by atoms with Crippen LogP contribution in [0, 0.1) is 0 Å². The minimum absolute atomic E-state index is 0.200. The van der Waals surface area contributed by atoms with Crippen LogP contribution in [0.4, 0.5) is 17.1 Å². The second-order valence-corrected chi connectivity index (χ2v) is 6.71. The lowest BCUT2D eigenvalue weighted by atomic mass is 10.2. The highest BCUT2D eigenvalue weighted by Gasteiger charge is 2.08. The molecule has 1 heterocycles. The van der Waals surface area contributed by atoms with E-state index in [0.29, 0.717) is 17.1 Å². The smallest absolute Gasteiger partial charge is 0.253 e. The molecule has 2 N–H and O–H groups in total. The van der Waals surface area contributed by atoms with Crippen LogP contribution in [0.2, 0.25) is 5.02 Å². The molecule has 3 aromatic rings. The fourth-order valence-electron chi connectivity index (χ4n) is 2.56. The van der Waals surface area contributed by atoms with Crippen molar-refractivity contribution in [3.05, 3.63) is 83.1 Å². The van der Waals surface area contributed by atoms with Crippen molar-refractivity contribution in [2.45, 2.75) is 6.54 Å². The molecule has 0 saturated heterocycles. The SMILES string of the molecule is CN(C)c1ccc(Nc2cncc(C(=O)NCc3ccccc3Cl)c2)cc1. The predicted molar refractivity (Wildman–Crippen MR) is 111 cm³/mol. The first-order chi connectivity index (χ1) is 13.0. The van der Waals surface area contributed by atoms with Crippen LogP contribution in [0.3, 0.4) is 0 Å². The predicted octanol–water partition coefficient (Wildman–Crippen LogP) is 4.47. The van der Waals surface area contributed by atoms with Gasteiger partial charge in [0.25, 0.3) is 5.91 Å². The second kappa shape index (κ2) is 8.56. The summed E-state index contributed by atoms with van der Waals surface area (Å²) in [4.78, 5) is 18.6. The topological polar surface area (TPSA) is 57.3 Å². The Bertz CT molecular complexity index is 925. The Balaban J connectivity index is 1.65. The van der Waals surface area contributed by atoms with E-state index in [2.05, 4.69) is 15.6 Å². The average Bonchev–Trinajstić information content (AvgIpc) is 2.68. The monoisotopic (exact) mass is 380 g/mol. The first kappa shape index (κ1) is 18.7. The van der Waals surface area contributed by atoms with E-state index in [9.17, 15) is 4.79 Å². The molecule has 5 nitrogen and oxygen atoms in total. The van der Waals surface area contributed by atoms with Crippen LogP contribution in [0.25, 0.3) is 0 Å². The van der Waals surface area contributed by atoms with Crippen molar-refractivity contribution in [1.29, 1.82) is 0 Å². The zero-order chi connectivity index (χ0) is 19.2. The van der Waals surface area contributed by atoms with E-state index in [4.69, 9.17) is 11.6 Å². The molecule has 27 heavy (non-hydrogen) atoms. The molecule has 0 fully saturated rings. The number of nitrogens with one attached hydrogen (secondary N) is 2. The number of pyridine rings is 1. The van der Waals surface area contributed by atoms with Gasteiger partial charge in [0.15, 0.2) is 0 Å². The Morgan fingerprint density at radius 3 is 2.48 bits per heavy atom. The summed E-state index contributed by atoms with van der Waals surface area (Å²) in [6.45, 7) is 0.363. The highest BCUT2D eigenvalue weighted by Crippen LogP contribution is 2.20. The number of benzene rings is 2. The number of nitrogens with zero attached hydrogens (tertiary/aromatic N) is 2. The maximum absolute atomic E-state index is 12.4. The maximum atomic E-state index is 12.4. The first-order valence-corrected chi connectivity index (χ1v) is 8.92. The van der Waals surface area contributed by atoms with Crippen molar-refractivity contribution in [2.24, 2.45) is 0 Å². The largest absolute Gasteiger partial charge is 0.378 e. The Kier molecular flexibility index (Phi) is 5.94. The summed E-state index contributed by atoms with van der Waals surface area (Å²) < 4.78 is 0. The molecule has 3 rings (SSSR count). The van der Waals surface area contributed by atoms with Crippen LogP contribution in [0.5, 0.6) is 0 Å². The Morgan fingerprint density at radius 1 is 1.04 bits per heavy atom. The number of carbonyl (C=O) groups excluding carboxylic acids is 1. The van der Waals surface area contributed by atoms with Crippen molar-refractivity contribution in [2.75, 3.05) is 24.3 Å². The highest BCUT2D eigenvalue weighted by molar-refractivity contribution is 6.31. The fraction of sp³-hybridized carbons (Fsp3) is 0.143. The molecule has 1 aromatic heterocycles. The summed E-state index contributed by atoms with van der Waals surface area (Å²) in [6.07, 6.45) is 3.23. The van der Waals surface area contributed by atoms with Gasteiger partial charge in [-0.3, -0.25) is 9.78 Å². The summed E-state index contributed by atoms with van der Waals surface area (Å²) in [5.74, 6) is -0.200. The third kappa shape index (κ3) is 4.99. The zero-order valence-electron chi connectivity index (χ0n) is 15.2. The lowest BCUT2D eigenvalue weighted by Crippen LogP contribution is -2.23. The van der Waals surface area contributed by atoms with Gasteiger partial charge in [0.05, 0.1) is 17.4 Å². The fourth-order valence-corrected chi connectivity index (χ4v) is 2.76. The maximum Gasteiger partial charge on any atom is 0.253 e. The van der Waals surface area contributed by atoms with Gasteiger partial charge in [-0.2, -0.15) is 0 Å². The number of halogens is 1. The zero-order valence-corrected chi connectivity index (χ0v) is 16.0. The van der Waals surface area contributed by atoms with Crippen molar-refractivity contribution in [3.63, 3.8) is 0 Å². The number of aromatic nitrogens is 1. The van der Waals surface area contributed by atoms with Gasteiger partial charge in [0.1, 0.15) is 0 Å². The van der Waals surface area contributed by atoms with Gasteiger partial charge >= 0.3 is 0 Å². The number of hydrogen-bond acceptors (Lipinski definition) is 4. The first-order valence-electron chi connectivity index (χ1n) is 8.54. The van der Waals surface area contributed by atoms with Crippen LogP contribution >= 0.6 is 11.6 Å². The Morgan fingerprint density at radius 2 is 1.78 bits per heavy atom. The third-order valence-electron chi connectivity index (χ3n) is 4.07. The molecule has 6 heteroatoms. The Labute approximate surface area is 164 Å². The molecule has 0 saturated carbocycles. The minimum Gasteiger partial charge on any atom is -0.378 e. The quantitative estimate of drug-likeness (QED) is 0.662. The summed E-state index contributed by atoms with van der Waals surface area (Å²) in [5.41, 5.74) is 4.15. The van der Waals surface area contributed by atoms with Crippen LogP contribution in [0.1, 0.15) is 15.9 Å². The van der Waals surface area contributed by atoms with E-state index in [-0.39, 0.29) is 5.91 Å². The molecule has 2 aromatic carbocycles. The molecule has 0 aliphatic carbocycles. The number of rotatable bonds is 6. The molecule has 0 unspecified atom stereocenters. The van der Waals surface area contributed by atoms with Gasteiger partial charge in [0, 0.05) is 43.2 Å². The third-order valence-corrected chi connectivity index (χ3v) is 4.44. The summed E-state index contributed by atoms with van der Waals surface area (Å²) in [5, 5.41) is 6.77. The number of hydrogen-bond donors (Lipinski definition) is 2. The Hall–Kier alpha value is -3.05. The van der Waals surface area contributed by atoms with E-state index in [1.54, 1.807) is 24.5 Å². The molecular formula is C21H21ClN4O. The molecular weight excluding hydrogens is 360 g/mol. The van der Waals surface area contributed by atoms with E-state index in [1.165, 1.54) is 0 Å². The lowest BCUT2D eigenvalue weighted by Gasteiger charge is -2.13. The molecule has 0 aliphatic heterocycles. The second-order valence-electron chi connectivity index (χ2n) is 6.30. The molecule has 1 amide bonds. The van der Waals surface area contributed by atoms with Crippen molar-refractivity contribution >= 4 is 34.6 Å². The normalized spacial score (nSPS) is 10.3. The van der Waals surface area contributed by atoms with Gasteiger partial charge in [-0.15, -0.1) is 0 Å². The van der Waals surface area contributed by atoms with E-state index >= 15 is 0 Å². The summed E-state index contributed by atoms with van der Waals surface area (Å²) in [7, 11) is 3.99. The van der Waals surface area contributed by atoms with E-state index < -0.39 is 0 Å². The number of carbonyl (C=O) groups is 1. The van der Waals surface area contributed by atoms with Crippen molar-refractivity contribution in [3.8, 4) is 0 Å².